The SMILES string of the molecule is Cc1ccc(CNC(=O)c2cc(-c3ncccc3COC(=O)OCCN(C)C)ccc2OCC2CC2)cc1F. The molecule has 0 spiro atoms. The van der Waals surface area contributed by atoms with Gasteiger partial charge in [0.05, 0.1) is 17.9 Å². The van der Waals surface area contributed by atoms with Gasteiger partial charge in [0.2, 0.25) is 0 Å². The van der Waals surface area contributed by atoms with Crippen LogP contribution in [0, 0.1) is 18.7 Å². The van der Waals surface area contributed by atoms with Crippen LogP contribution in [0.15, 0.2) is 54.7 Å². The number of halogens is 1. The average Bonchev–Trinajstić information content (AvgIpc) is 3.76. The van der Waals surface area contributed by atoms with Crippen molar-refractivity contribution in [1.29, 1.82) is 0 Å². The van der Waals surface area contributed by atoms with E-state index in [-0.39, 0.29) is 31.5 Å². The molecule has 39 heavy (non-hydrogen) atoms. The van der Waals surface area contributed by atoms with Crippen LogP contribution >= 0.6 is 0 Å². The molecular weight excluding hydrogens is 501 g/mol. The van der Waals surface area contributed by atoms with Gasteiger partial charge in [-0.25, -0.2) is 9.18 Å². The summed E-state index contributed by atoms with van der Waals surface area (Å²) in [6.07, 6.45) is 3.11. The Balaban J connectivity index is 1.51. The van der Waals surface area contributed by atoms with Gasteiger partial charge in [0.15, 0.2) is 0 Å². The molecule has 0 radical (unpaired) electrons. The molecule has 1 heterocycles. The maximum Gasteiger partial charge on any atom is 0.508 e. The lowest BCUT2D eigenvalue weighted by molar-refractivity contribution is 0.0462. The lowest BCUT2D eigenvalue weighted by Gasteiger charge is -2.15. The first-order valence-electron chi connectivity index (χ1n) is 13.0. The molecule has 8 nitrogen and oxygen atoms in total. The number of nitrogens with zero attached hydrogens (tertiary/aromatic N) is 2. The second-order valence-electron chi connectivity index (χ2n) is 9.93. The van der Waals surface area contributed by atoms with Crippen molar-refractivity contribution >= 4 is 12.1 Å². The van der Waals surface area contributed by atoms with Crippen molar-refractivity contribution in [2.45, 2.75) is 32.9 Å². The van der Waals surface area contributed by atoms with E-state index in [4.69, 9.17) is 14.2 Å². The highest BCUT2D eigenvalue weighted by Crippen LogP contribution is 2.32. The van der Waals surface area contributed by atoms with E-state index in [0.717, 1.165) is 12.8 Å². The number of aromatic nitrogens is 1. The fourth-order valence-corrected chi connectivity index (χ4v) is 3.80. The monoisotopic (exact) mass is 535 g/mol. The maximum absolute atomic E-state index is 14.0. The molecule has 0 aliphatic heterocycles. The van der Waals surface area contributed by atoms with Crippen molar-refractivity contribution in [2.24, 2.45) is 5.92 Å². The zero-order valence-corrected chi connectivity index (χ0v) is 22.5. The van der Waals surface area contributed by atoms with Gasteiger partial charge in [-0.1, -0.05) is 18.2 Å². The van der Waals surface area contributed by atoms with Crippen molar-refractivity contribution in [3.05, 3.63) is 82.8 Å². The van der Waals surface area contributed by atoms with Gasteiger partial charge in [0.25, 0.3) is 5.91 Å². The first-order chi connectivity index (χ1) is 18.8. The fourth-order valence-electron chi connectivity index (χ4n) is 3.80. The van der Waals surface area contributed by atoms with Crippen LogP contribution < -0.4 is 10.1 Å². The number of carbonyl (C=O) groups excluding carboxylic acids is 2. The molecule has 0 bridgehead atoms. The Labute approximate surface area is 228 Å². The number of ether oxygens (including phenoxy) is 3. The molecule has 1 saturated carbocycles. The van der Waals surface area contributed by atoms with Crippen LogP contribution in [-0.4, -0.2) is 55.8 Å². The zero-order valence-electron chi connectivity index (χ0n) is 22.5. The van der Waals surface area contributed by atoms with Gasteiger partial charge in [-0.2, -0.15) is 0 Å². The van der Waals surface area contributed by atoms with Crippen molar-refractivity contribution in [1.82, 2.24) is 15.2 Å². The molecule has 0 unspecified atom stereocenters. The van der Waals surface area contributed by atoms with Crippen LogP contribution in [0.1, 0.15) is 39.9 Å². The van der Waals surface area contributed by atoms with E-state index in [1.165, 1.54) is 6.07 Å². The number of aryl methyl sites for hydroxylation is 1. The topological polar surface area (TPSA) is 90.0 Å². The van der Waals surface area contributed by atoms with Crippen LogP contribution in [0.3, 0.4) is 0 Å². The number of likely N-dealkylation sites (N-methyl/N-ethyl adjacent to an activating group) is 1. The van der Waals surface area contributed by atoms with Gasteiger partial charge < -0.3 is 24.4 Å². The second-order valence-corrected chi connectivity index (χ2v) is 9.93. The van der Waals surface area contributed by atoms with Gasteiger partial charge in [0.1, 0.15) is 24.8 Å². The molecule has 0 atom stereocenters. The van der Waals surface area contributed by atoms with Gasteiger partial charge in [-0.3, -0.25) is 9.78 Å². The summed E-state index contributed by atoms with van der Waals surface area (Å²) < 4.78 is 30.4. The Morgan fingerprint density at radius 1 is 1.10 bits per heavy atom. The smallest absolute Gasteiger partial charge is 0.492 e. The lowest BCUT2D eigenvalue weighted by atomic mass is 10.0. The van der Waals surface area contributed by atoms with E-state index >= 15 is 0 Å². The number of pyridine rings is 1. The fraction of sp³-hybridized carbons (Fsp3) is 0.367. The molecule has 1 amide bonds. The Hall–Kier alpha value is -3.98. The Morgan fingerprint density at radius 3 is 2.67 bits per heavy atom. The van der Waals surface area contributed by atoms with Gasteiger partial charge >= 0.3 is 6.16 Å². The third-order valence-corrected chi connectivity index (χ3v) is 6.35. The number of amides is 1. The summed E-state index contributed by atoms with van der Waals surface area (Å²) >= 11 is 0. The molecule has 1 fully saturated rings. The number of benzene rings is 2. The molecule has 1 N–H and O–H groups in total. The predicted molar refractivity (Wildman–Crippen MR) is 145 cm³/mol. The summed E-state index contributed by atoms with van der Waals surface area (Å²) in [4.78, 5) is 31.7. The number of rotatable bonds is 12. The Kier molecular flexibility index (Phi) is 9.49. The lowest BCUT2D eigenvalue weighted by Crippen LogP contribution is -2.24. The third-order valence-electron chi connectivity index (χ3n) is 6.35. The predicted octanol–water partition coefficient (Wildman–Crippen LogP) is 5.13. The van der Waals surface area contributed by atoms with Gasteiger partial charge in [-0.15, -0.1) is 0 Å². The summed E-state index contributed by atoms with van der Waals surface area (Å²) in [5.74, 6) is 0.315. The van der Waals surface area contributed by atoms with Crippen LogP contribution in [0.2, 0.25) is 0 Å². The number of carbonyl (C=O) groups is 2. The van der Waals surface area contributed by atoms with E-state index in [1.807, 2.05) is 25.1 Å². The molecule has 206 valence electrons. The first kappa shape index (κ1) is 28.0. The molecule has 1 aliphatic carbocycles. The minimum Gasteiger partial charge on any atom is -0.492 e. The van der Waals surface area contributed by atoms with E-state index in [9.17, 15) is 14.0 Å². The van der Waals surface area contributed by atoms with Crippen LogP contribution in [0.5, 0.6) is 5.75 Å². The summed E-state index contributed by atoms with van der Waals surface area (Å²) in [7, 11) is 3.77. The van der Waals surface area contributed by atoms with Crippen LogP contribution in [0.25, 0.3) is 11.3 Å². The number of nitrogens with one attached hydrogen (secondary N) is 1. The molecule has 1 aromatic heterocycles. The largest absolute Gasteiger partial charge is 0.508 e. The zero-order chi connectivity index (χ0) is 27.8. The normalized spacial score (nSPS) is 12.7. The Morgan fingerprint density at radius 2 is 1.92 bits per heavy atom. The number of hydrogen-bond donors (Lipinski definition) is 1. The van der Waals surface area contributed by atoms with Gasteiger partial charge in [0, 0.05) is 30.4 Å². The molecule has 3 aromatic rings. The van der Waals surface area contributed by atoms with E-state index < -0.39 is 6.16 Å². The number of hydrogen-bond acceptors (Lipinski definition) is 7. The van der Waals surface area contributed by atoms with Crippen molar-refractivity contribution in [3.63, 3.8) is 0 Å². The average molecular weight is 536 g/mol. The second kappa shape index (κ2) is 13.2. The standard InChI is InChI=1S/C30H34FN3O5/c1-20-6-7-22(15-26(20)31)17-33-29(35)25-16-23(10-11-27(25)38-18-21-8-9-21)28-24(5-4-12-32-28)19-39-30(36)37-14-13-34(2)3/h4-7,10-12,15-16,21H,8-9,13-14,17-19H2,1-3H3,(H,33,35). The Bertz CT molecular complexity index is 1310. The highest BCUT2D eigenvalue weighted by molar-refractivity contribution is 5.98. The van der Waals surface area contributed by atoms with E-state index in [2.05, 4.69) is 10.3 Å². The minimum atomic E-state index is -0.761. The van der Waals surface area contributed by atoms with E-state index in [0.29, 0.717) is 58.3 Å². The maximum atomic E-state index is 14.0. The first-order valence-corrected chi connectivity index (χ1v) is 13.0. The molecule has 2 aromatic carbocycles. The van der Waals surface area contributed by atoms with Crippen molar-refractivity contribution < 1.29 is 28.2 Å². The quantitative estimate of drug-likeness (QED) is 0.322. The molecular formula is C30H34FN3O5. The van der Waals surface area contributed by atoms with E-state index in [1.54, 1.807) is 49.5 Å². The highest BCUT2D eigenvalue weighted by atomic mass is 19.1. The van der Waals surface area contributed by atoms with Crippen molar-refractivity contribution in [2.75, 3.05) is 33.9 Å². The third kappa shape index (κ3) is 8.25. The summed E-state index contributed by atoms with van der Waals surface area (Å²) in [6, 6.07) is 13.7. The highest BCUT2D eigenvalue weighted by Gasteiger charge is 2.24. The summed E-state index contributed by atoms with van der Waals surface area (Å²) in [5.41, 5.74) is 3.45. The van der Waals surface area contributed by atoms with Crippen molar-refractivity contribution in [3.8, 4) is 17.0 Å². The van der Waals surface area contributed by atoms with Gasteiger partial charge in [-0.05, 0) is 81.2 Å². The molecule has 4 rings (SSSR count). The molecule has 9 heteroatoms. The summed E-state index contributed by atoms with van der Waals surface area (Å²) in [5, 5.41) is 2.87. The minimum absolute atomic E-state index is 0.0373. The molecule has 0 saturated heterocycles. The van der Waals surface area contributed by atoms with Crippen LogP contribution in [-0.2, 0) is 22.6 Å². The molecule has 1 aliphatic rings. The summed E-state index contributed by atoms with van der Waals surface area (Å²) in [6.45, 7) is 3.18. The van der Waals surface area contributed by atoms with Crippen LogP contribution in [0.4, 0.5) is 9.18 Å².